The second-order valence-electron chi connectivity index (χ2n) is 17.3. The molecule has 15 aromatic rings. The van der Waals surface area contributed by atoms with E-state index < -0.39 is 0 Å². The van der Waals surface area contributed by atoms with Crippen LogP contribution in [0.1, 0.15) is 0 Å². The van der Waals surface area contributed by atoms with Crippen molar-refractivity contribution in [2.45, 2.75) is 0 Å². The molecule has 0 unspecified atom stereocenters. The van der Waals surface area contributed by atoms with Crippen LogP contribution in [0, 0.1) is 0 Å². The van der Waals surface area contributed by atoms with Crippen LogP contribution >= 0.6 is 0 Å². The van der Waals surface area contributed by atoms with Crippen LogP contribution in [-0.2, 0) is 0 Å². The summed E-state index contributed by atoms with van der Waals surface area (Å²) in [6.07, 6.45) is 0. The van der Waals surface area contributed by atoms with E-state index >= 15 is 0 Å². The van der Waals surface area contributed by atoms with Crippen LogP contribution in [0.5, 0.6) is 0 Å². The summed E-state index contributed by atoms with van der Waals surface area (Å²) in [4.78, 5) is 10.8. The molecule has 10 aromatic carbocycles. The van der Waals surface area contributed by atoms with Crippen molar-refractivity contribution in [1.29, 1.82) is 0 Å². The van der Waals surface area contributed by atoms with Gasteiger partial charge in [0, 0.05) is 71.0 Å². The summed E-state index contributed by atoms with van der Waals surface area (Å²) in [5.74, 6) is 0. The minimum Gasteiger partial charge on any atom is -0.309 e. The molecule has 0 spiro atoms. The quantitative estimate of drug-likeness (QED) is 0.177. The first-order valence-corrected chi connectivity index (χ1v) is 22.3. The van der Waals surface area contributed by atoms with Crippen LogP contribution < -0.4 is 0 Å². The number of rotatable bonds is 4. The van der Waals surface area contributed by atoms with Crippen LogP contribution in [0.3, 0.4) is 0 Å². The van der Waals surface area contributed by atoms with Gasteiger partial charge in [-0.1, -0.05) is 146 Å². The average molecular weight is 826 g/mol. The van der Waals surface area contributed by atoms with Crippen molar-refractivity contribution in [2.75, 3.05) is 0 Å². The standard InChI is InChI=1S/C60H35N5/c1-2-15-39(16-3-1)63-50-23-11-6-18-42(50)44-32-29-38(34-53(44)63)58-57(61-48-21-9-10-22-49(48)62-58)37-26-30-40(31-27-37)64-54-35-47-43-19-7-12-24-51(43)65-52-25-13-8-20-45(52)56(60(47)65)55(54)46-33-28-36-14-4-5-17-41(36)59(46)64/h1-35H. The number of para-hydroxylation sites is 6. The Bertz CT molecular complexity index is 4460. The zero-order valence-electron chi connectivity index (χ0n) is 34.9. The lowest BCUT2D eigenvalue weighted by Crippen LogP contribution is -1.98. The molecule has 300 valence electrons. The van der Waals surface area contributed by atoms with Gasteiger partial charge in [-0.3, -0.25) is 0 Å². The van der Waals surface area contributed by atoms with E-state index in [0.717, 1.165) is 50.4 Å². The van der Waals surface area contributed by atoms with Gasteiger partial charge in [0.1, 0.15) is 0 Å². The Labute approximate surface area is 371 Å². The van der Waals surface area contributed by atoms with E-state index in [4.69, 9.17) is 9.97 Å². The Kier molecular flexibility index (Phi) is 6.89. The summed E-state index contributed by atoms with van der Waals surface area (Å²) < 4.78 is 7.35. The fourth-order valence-electron chi connectivity index (χ4n) is 11.2. The number of benzene rings is 10. The summed E-state index contributed by atoms with van der Waals surface area (Å²) in [6.45, 7) is 0. The Morgan fingerprint density at radius 1 is 0.292 bits per heavy atom. The first kappa shape index (κ1) is 34.7. The highest BCUT2D eigenvalue weighted by Crippen LogP contribution is 2.48. The predicted octanol–water partition coefficient (Wildman–Crippen LogP) is 15.5. The predicted molar refractivity (Wildman–Crippen MR) is 271 cm³/mol. The summed E-state index contributed by atoms with van der Waals surface area (Å²) in [7, 11) is 0. The van der Waals surface area contributed by atoms with Crippen LogP contribution in [0.25, 0.3) is 137 Å². The normalized spacial score (nSPS) is 12.3. The maximum absolute atomic E-state index is 5.39. The average Bonchev–Trinajstić information content (AvgIpc) is 4.10. The van der Waals surface area contributed by atoms with E-state index in [-0.39, 0.29) is 0 Å². The van der Waals surface area contributed by atoms with Gasteiger partial charge in [0.2, 0.25) is 0 Å². The monoisotopic (exact) mass is 825 g/mol. The van der Waals surface area contributed by atoms with Crippen molar-refractivity contribution in [3.63, 3.8) is 0 Å². The molecule has 0 saturated heterocycles. The molecule has 0 aliphatic heterocycles. The van der Waals surface area contributed by atoms with Crippen LogP contribution in [0.2, 0.25) is 0 Å². The van der Waals surface area contributed by atoms with E-state index in [1.165, 1.54) is 87.0 Å². The maximum atomic E-state index is 5.39. The Morgan fingerprint density at radius 3 is 1.62 bits per heavy atom. The fraction of sp³-hybridized carbons (Fsp3) is 0. The van der Waals surface area contributed by atoms with E-state index in [2.05, 4.69) is 214 Å². The maximum Gasteiger partial charge on any atom is 0.0973 e. The first-order valence-electron chi connectivity index (χ1n) is 22.3. The molecule has 0 saturated carbocycles. The molecule has 0 radical (unpaired) electrons. The molecule has 0 N–H and O–H groups in total. The van der Waals surface area contributed by atoms with Gasteiger partial charge in [-0.2, -0.15) is 0 Å². The summed E-state index contributed by atoms with van der Waals surface area (Å²) in [5.41, 5.74) is 16.2. The molecular weight excluding hydrogens is 791 g/mol. The van der Waals surface area contributed by atoms with E-state index in [0.29, 0.717) is 0 Å². The number of aromatic nitrogens is 5. The van der Waals surface area contributed by atoms with Gasteiger partial charge in [0.15, 0.2) is 0 Å². The van der Waals surface area contributed by atoms with Crippen LogP contribution in [0.15, 0.2) is 212 Å². The Morgan fingerprint density at radius 2 is 0.846 bits per heavy atom. The van der Waals surface area contributed by atoms with Gasteiger partial charge >= 0.3 is 0 Å². The van der Waals surface area contributed by atoms with Crippen molar-refractivity contribution in [2.24, 2.45) is 0 Å². The minimum absolute atomic E-state index is 0.851. The molecule has 0 atom stereocenters. The van der Waals surface area contributed by atoms with Crippen molar-refractivity contribution in [3.8, 4) is 33.9 Å². The minimum atomic E-state index is 0.851. The summed E-state index contributed by atoms with van der Waals surface area (Å²) >= 11 is 0. The van der Waals surface area contributed by atoms with Gasteiger partial charge in [-0.25, -0.2) is 9.97 Å². The molecule has 5 nitrogen and oxygen atoms in total. The van der Waals surface area contributed by atoms with Gasteiger partial charge in [0.25, 0.3) is 0 Å². The smallest absolute Gasteiger partial charge is 0.0973 e. The molecule has 5 heteroatoms. The molecule has 0 aliphatic carbocycles. The highest BCUT2D eigenvalue weighted by molar-refractivity contribution is 6.37. The lowest BCUT2D eigenvalue weighted by Gasteiger charge is -2.14. The molecule has 15 rings (SSSR count). The zero-order valence-corrected chi connectivity index (χ0v) is 34.9. The molecule has 5 heterocycles. The van der Waals surface area contributed by atoms with Gasteiger partial charge < -0.3 is 13.5 Å². The SMILES string of the molecule is c1ccc(-n2c3ccccc3c3ccc(-c4nc5ccccc5nc4-c4ccc(-n5c6cc7c8ccccc8n8c9ccccc9c(c6c6ccc9ccccc9c65)c78)cc4)cc32)cc1. The first-order chi connectivity index (χ1) is 32.3. The lowest BCUT2D eigenvalue weighted by molar-refractivity contribution is 1.18. The van der Waals surface area contributed by atoms with Gasteiger partial charge in [0.05, 0.1) is 61.0 Å². The van der Waals surface area contributed by atoms with Crippen LogP contribution in [0.4, 0.5) is 0 Å². The number of nitrogens with zero attached hydrogens (tertiary/aromatic N) is 5. The van der Waals surface area contributed by atoms with E-state index in [9.17, 15) is 0 Å². The third-order valence-corrected chi connectivity index (χ3v) is 13.9. The fourth-order valence-corrected chi connectivity index (χ4v) is 11.2. The number of hydrogen-bond donors (Lipinski definition) is 0. The topological polar surface area (TPSA) is 40.0 Å². The molecule has 0 amide bonds. The second kappa shape index (κ2) is 12.9. The number of hydrogen-bond acceptors (Lipinski definition) is 2. The third kappa shape index (κ3) is 4.71. The largest absolute Gasteiger partial charge is 0.309 e. The molecule has 5 aromatic heterocycles. The molecule has 0 fully saturated rings. The van der Waals surface area contributed by atoms with Gasteiger partial charge in [-0.05, 0) is 72.1 Å². The van der Waals surface area contributed by atoms with E-state index in [1.54, 1.807) is 0 Å². The molecule has 0 bridgehead atoms. The van der Waals surface area contributed by atoms with Crippen molar-refractivity contribution < 1.29 is 0 Å². The van der Waals surface area contributed by atoms with Gasteiger partial charge in [-0.15, -0.1) is 0 Å². The molecule has 65 heavy (non-hydrogen) atoms. The highest BCUT2D eigenvalue weighted by atomic mass is 15.0. The summed E-state index contributed by atoms with van der Waals surface area (Å²) in [5, 5.41) is 12.5. The Balaban J connectivity index is 0.985. The summed E-state index contributed by atoms with van der Waals surface area (Å²) in [6, 6.07) is 76.9. The van der Waals surface area contributed by atoms with Crippen molar-refractivity contribution >= 4 is 104 Å². The van der Waals surface area contributed by atoms with Crippen LogP contribution in [-0.4, -0.2) is 23.5 Å². The highest BCUT2D eigenvalue weighted by Gasteiger charge is 2.25. The van der Waals surface area contributed by atoms with Crippen molar-refractivity contribution in [1.82, 2.24) is 23.5 Å². The Hall–Kier alpha value is -8.80. The second-order valence-corrected chi connectivity index (χ2v) is 17.3. The lowest BCUT2D eigenvalue weighted by atomic mass is 10.0. The molecular formula is C60H35N5. The number of fused-ring (bicyclic) bond motifs is 16. The van der Waals surface area contributed by atoms with E-state index in [1.807, 2.05) is 12.1 Å². The third-order valence-electron chi connectivity index (χ3n) is 13.9. The molecule has 0 aliphatic rings. The zero-order chi connectivity index (χ0) is 42.3. The van der Waals surface area contributed by atoms with Crippen molar-refractivity contribution in [3.05, 3.63) is 212 Å².